The SMILES string of the molecule is COC(=O)NCCc1ccn(C)c1. The normalized spacial score (nSPS) is 9.69. The predicted molar refractivity (Wildman–Crippen MR) is 49.5 cm³/mol. The van der Waals surface area contributed by atoms with E-state index in [2.05, 4.69) is 10.1 Å². The lowest BCUT2D eigenvalue weighted by Crippen LogP contribution is -2.25. The molecule has 0 aromatic carbocycles. The van der Waals surface area contributed by atoms with Gasteiger partial charge in [-0.15, -0.1) is 0 Å². The van der Waals surface area contributed by atoms with E-state index in [1.165, 1.54) is 12.7 Å². The molecule has 0 unspecified atom stereocenters. The molecular weight excluding hydrogens is 168 g/mol. The third-order valence-corrected chi connectivity index (χ3v) is 1.76. The first-order valence-corrected chi connectivity index (χ1v) is 4.15. The van der Waals surface area contributed by atoms with E-state index >= 15 is 0 Å². The van der Waals surface area contributed by atoms with E-state index in [0.717, 1.165) is 6.42 Å². The topological polar surface area (TPSA) is 43.3 Å². The molecule has 1 rings (SSSR count). The predicted octanol–water partition coefficient (Wildman–Crippen LogP) is 0.924. The highest BCUT2D eigenvalue weighted by atomic mass is 16.5. The molecule has 0 aliphatic carbocycles. The largest absolute Gasteiger partial charge is 0.453 e. The maximum absolute atomic E-state index is 10.7. The Balaban J connectivity index is 2.24. The summed E-state index contributed by atoms with van der Waals surface area (Å²) in [7, 11) is 3.33. The number of carbonyl (C=O) groups excluding carboxylic acids is 1. The lowest BCUT2D eigenvalue weighted by Gasteiger charge is -2.01. The van der Waals surface area contributed by atoms with Crippen molar-refractivity contribution in [1.82, 2.24) is 9.88 Å². The summed E-state index contributed by atoms with van der Waals surface area (Å²) < 4.78 is 6.42. The van der Waals surface area contributed by atoms with Crippen LogP contribution in [-0.2, 0) is 18.2 Å². The average molecular weight is 182 g/mol. The van der Waals surface area contributed by atoms with Crippen molar-refractivity contribution in [2.45, 2.75) is 6.42 Å². The minimum Gasteiger partial charge on any atom is -0.453 e. The molecule has 0 bridgehead atoms. The standard InChI is InChI=1S/C9H14N2O2/c1-11-6-4-8(7-11)3-5-10-9(12)13-2/h4,6-7H,3,5H2,1-2H3,(H,10,12). The molecule has 0 atom stereocenters. The van der Waals surface area contributed by atoms with Crippen LogP contribution in [0.2, 0.25) is 0 Å². The van der Waals surface area contributed by atoms with E-state index in [9.17, 15) is 4.79 Å². The molecule has 0 aliphatic rings. The van der Waals surface area contributed by atoms with Crippen LogP contribution in [0.1, 0.15) is 5.56 Å². The summed E-state index contributed by atoms with van der Waals surface area (Å²) in [5.74, 6) is 0. The number of amides is 1. The van der Waals surface area contributed by atoms with Crippen molar-refractivity contribution in [3.63, 3.8) is 0 Å². The summed E-state index contributed by atoms with van der Waals surface area (Å²) in [6.07, 6.45) is 4.46. The summed E-state index contributed by atoms with van der Waals surface area (Å²) in [6, 6.07) is 2.03. The van der Waals surface area contributed by atoms with Gasteiger partial charge in [0.2, 0.25) is 0 Å². The maximum atomic E-state index is 10.7. The monoisotopic (exact) mass is 182 g/mol. The number of aromatic nitrogens is 1. The Bertz CT molecular complexity index is 281. The fraction of sp³-hybridized carbons (Fsp3) is 0.444. The Morgan fingerprint density at radius 2 is 2.46 bits per heavy atom. The lowest BCUT2D eigenvalue weighted by atomic mass is 10.2. The van der Waals surface area contributed by atoms with Gasteiger partial charge in [-0.2, -0.15) is 0 Å². The molecule has 0 saturated carbocycles. The second kappa shape index (κ2) is 4.54. The zero-order chi connectivity index (χ0) is 9.68. The van der Waals surface area contributed by atoms with Gasteiger partial charge in [0.25, 0.3) is 0 Å². The van der Waals surface area contributed by atoms with Crippen LogP contribution in [0.15, 0.2) is 18.5 Å². The van der Waals surface area contributed by atoms with E-state index < -0.39 is 0 Å². The van der Waals surface area contributed by atoms with Gasteiger partial charge >= 0.3 is 6.09 Å². The molecule has 13 heavy (non-hydrogen) atoms. The third-order valence-electron chi connectivity index (χ3n) is 1.76. The summed E-state index contributed by atoms with van der Waals surface area (Å²) in [5, 5.41) is 2.62. The van der Waals surface area contributed by atoms with E-state index in [1.54, 1.807) is 0 Å². The third kappa shape index (κ3) is 3.19. The van der Waals surface area contributed by atoms with Crippen molar-refractivity contribution >= 4 is 6.09 Å². The second-order valence-corrected chi connectivity index (χ2v) is 2.85. The molecule has 4 heteroatoms. The molecule has 0 fully saturated rings. The van der Waals surface area contributed by atoms with Gasteiger partial charge in [-0.1, -0.05) is 0 Å². The molecule has 1 heterocycles. The Morgan fingerprint density at radius 1 is 1.69 bits per heavy atom. The van der Waals surface area contributed by atoms with Crippen LogP contribution in [0.25, 0.3) is 0 Å². The maximum Gasteiger partial charge on any atom is 0.406 e. The number of hydrogen-bond acceptors (Lipinski definition) is 2. The minimum atomic E-state index is -0.379. The molecule has 1 N–H and O–H groups in total. The van der Waals surface area contributed by atoms with Crippen molar-refractivity contribution in [3.8, 4) is 0 Å². The van der Waals surface area contributed by atoms with Crippen molar-refractivity contribution in [3.05, 3.63) is 24.0 Å². The second-order valence-electron chi connectivity index (χ2n) is 2.85. The summed E-state index contributed by atoms with van der Waals surface area (Å²) in [6.45, 7) is 0.608. The average Bonchev–Trinajstić information content (AvgIpc) is 2.51. The van der Waals surface area contributed by atoms with Crippen molar-refractivity contribution in [1.29, 1.82) is 0 Å². The molecule has 0 aliphatic heterocycles. The zero-order valence-corrected chi connectivity index (χ0v) is 7.91. The van der Waals surface area contributed by atoms with Crippen LogP contribution in [0, 0.1) is 0 Å². The summed E-state index contributed by atoms with van der Waals surface area (Å²) in [5.41, 5.74) is 1.21. The molecule has 1 aromatic heterocycles. The Morgan fingerprint density at radius 3 is 3.00 bits per heavy atom. The van der Waals surface area contributed by atoms with Gasteiger partial charge in [-0.25, -0.2) is 4.79 Å². The molecule has 0 saturated heterocycles. The van der Waals surface area contributed by atoms with Crippen molar-refractivity contribution < 1.29 is 9.53 Å². The van der Waals surface area contributed by atoms with Crippen LogP contribution in [0.5, 0.6) is 0 Å². The van der Waals surface area contributed by atoms with E-state index in [-0.39, 0.29) is 6.09 Å². The van der Waals surface area contributed by atoms with Crippen molar-refractivity contribution in [2.24, 2.45) is 7.05 Å². The van der Waals surface area contributed by atoms with Gasteiger partial charge < -0.3 is 14.6 Å². The first-order valence-electron chi connectivity index (χ1n) is 4.15. The smallest absolute Gasteiger partial charge is 0.406 e. The van der Waals surface area contributed by atoms with Gasteiger partial charge in [0.05, 0.1) is 7.11 Å². The summed E-state index contributed by atoms with van der Waals surface area (Å²) in [4.78, 5) is 10.7. The number of rotatable bonds is 3. The number of nitrogens with zero attached hydrogens (tertiary/aromatic N) is 1. The first kappa shape index (κ1) is 9.64. The van der Waals surface area contributed by atoms with Crippen LogP contribution in [0.4, 0.5) is 4.79 Å². The summed E-state index contributed by atoms with van der Waals surface area (Å²) >= 11 is 0. The minimum absolute atomic E-state index is 0.379. The fourth-order valence-corrected chi connectivity index (χ4v) is 1.09. The number of hydrogen-bond donors (Lipinski definition) is 1. The van der Waals surface area contributed by atoms with Crippen LogP contribution in [0.3, 0.4) is 0 Å². The number of ether oxygens (including phenoxy) is 1. The molecule has 72 valence electrons. The van der Waals surface area contributed by atoms with Crippen molar-refractivity contribution in [2.75, 3.05) is 13.7 Å². The van der Waals surface area contributed by atoms with Gasteiger partial charge in [0.15, 0.2) is 0 Å². The molecule has 1 amide bonds. The lowest BCUT2D eigenvalue weighted by molar-refractivity contribution is 0.171. The Labute approximate surface area is 77.5 Å². The van der Waals surface area contributed by atoms with E-state index in [1.807, 2.05) is 30.1 Å². The zero-order valence-electron chi connectivity index (χ0n) is 7.91. The number of nitrogens with one attached hydrogen (secondary N) is 1. The first-order chi connectivity index (χ1) is 6.22. The highest BCUT2D eigenvalue weighted by Gasteiger charge is 1.98. The highest BCUT2D eigenvalue weighted by Crippen LogP contribution is 1.99. The molecule has 0 spiro atoms. The Kier molecular flexibility index (Phi) is 3.37. The van der Waals surface area contributed by atoms with Crippen LogP contribution >= 0.6 is 0 Å². The van der Waals surface area contributed by atoms with E-state index in [0.29, 0.717) is 6.54 Å². The van der Waals surface area contributed by atoms with Gasteiger partial charge in [0.1, 0.15) is 0 Å². The van der Waals surface area contributed by atoms with Gasteiger partial charge in [-0.3, -0.25) is 0 Å². The number of alkyl carbamates (subject to hydrolysis) is 1. The number of aryl methyl sites for hydroxylation is 1. The quantitative estimate of drug-likeness (QED) is 0.755. The molecule has 4 nitrogen and oxygen atoms in total. The van der Waals surface area contributed by atoms with Gasteiger partial charge in [0, 0.05) is 26.0 Å². The molecule has 1 aromatic rings. The molecule has 0 radical (unpaired) electrons. The van der Waals surface area contributed by atoms with E-state index in [4.69, 9.17) is 0 Å². The number of methoxy groups -OCH3 is 1. The number of carbonyl (C=O) groups is 1. The van der Waals surface area contributed by atoms with Crippen LogP contribution < -0.4 is 5.32 Å². The fourth-order valence-electron chi connectivity index (χ4n) is 1.09. The highest BCUT2D eigenvalue weighted by molar-refractivity contribution is 5.66. The van der Waals surface area contributed by atoms with Gasteiger partial charge in [-0.05, 0) is 18.1 Å². The Hall–Kier alpha value is -1.45. The van der Waals surface area contributed by atoms with Crippen LogP contribution in [-0.4, -0.2) is 24.3 Å². The molecular formula is C9H14N2O2.